The summed E-state index contributed by atoms with van der Waals surface area (Å²) in [6.45, 7) is 6.53. The van der Waals surface area contributed by atoms with E-state index >= 15 is 0 Å². The molecule has 19 heavy (non-hydrogen) atoms. The van der Waals surface area contributed by atoms with Crippen LogP contribution in [0.2, 0.25) is 0 Å². The van der Waals surface area contributed by atoms with Crippen molar-refractivity contribution in [3.63, 3.8) is 0 Å². The van der Waals surface area contributed by atoms with Crippen LogP contribution in [0, 0.1) is 0 Å². The molecule has 0 saturated heterocycles. The SMILES string of the molecule is CNC(=O)CNc1nccn2nc(C(C)(C)C)cc12. The molecule has 2 aromatic heterocycles. The Balaban J connectivity index is 2.34. The molecule has 0 bridgehead atoms. The molecule has 102 valence electrons. The van der Waals surface area contributed by atoms with Gasteiger partial charge in [-0.15, -0.1) is 0 Å². The molecule has 0 atom stereocenters. The minimum atomic E-state index is -0.0839. The fraction of sp³-hybridized carbons (Fsp3) is 0.462. The number of anilines is 1. The maximum atomic E-state index is 11.3. The van der Waals surface area contributed by atoms with Crippen LogP contribution in [0.5, 0.6) is 0 Å². The van der Waals surface area contributed by atoms with Crippen LogP contribution in [-0.4, -0.2) is 34.1 Å². The average Bonchev–Trinajstić information content (AvgIpc) is 2.80. The lowest BCUT2D eigenvalue weighted by Crippen LogP contribution is -2.26. The third kappa shape index (κ3) is 2.83. The van der Waals surface area contributed by atoms with Gasteiger partial charge >= 0.3 is 0 Å². The van der Waals surface area contributed by atoms with Gasteiger partial charge in [0.2, 0.25) is 5.91 Å². The monoisotopic (exact) mass is 261 g/mol. The summed E-state index contributed by atoms with van der Waals surface area (Å²) in [6, 6.07) is 2.00. The standard InChI is InChI=1S/C13H19N5O/c1-13(2,3)10-7-9-12(16-8-11(19)14-4)15-5-6-18(9)17-10/h5-7H,8H2,1-4H3,(H,14,19)(H,15,16). The summed E-state index contributed by atoms with van der Waals surface area (Å²) in [4.78, 5) is 15.5. The van der Waals surface area contributed by atoms with Crippen LogP contribution in [0.25, 0.3) is 5.52 Å². The molecule has 0 saturated carbocycles. The second-order valence-corrected chi connectivity index (χ2v) is 5.41. The van der Waals surface area contributed by atoms with E-state index in [1.54, 1.807) is 24.0 Å². The highest BCUT2D eigenvalue weighted by Crippen LogP contribution is 2.24. The number of hydrogen-bond donors (Lipinski definition) is 2. The van der Waals surface area contributed by atoms with Gasteiger partial charge in [-0.05, 0) is 6.07 Å². The topological polar surface area (TPSA) is 71.3 Å². The molecular formula is C13H19N5O. The van der Waals surface area contributed by atoms with E-state index in [0.29, 0.717) is 5.82 Å². The van der Waals surface area contributed by atoms with Gasteiger partial charge in [0.1, 0.15) is 5.52 Å². The van der Waals surface area contributed by atoms with Crippen molar-refractivity contribution in [3.8, 4) is 0 Å². The van der Waals surface area contributed by atoms with E-state index in [2.05, 4.69) is 41.5 Å². The summed E-state index contributed by atoms with van der Waals surface area (Å²) < 4.78 is 1.78. The van der Waals surface area contributed by atoms with Gasteiger partial charge in [-0.2, -0.15) is 5.10 Å². The number of nitrogens with one attached hydrogen (secondary N) is 2. The van der Waals surface area contributed by atoms with E-state index in [4.69, 9.17) is 0 Å². The number of hydrogen-bond acceptors (Lipinski definition) is 4. The maximum absolute atomic E-state index is 11.3. The molecule has 0 aliphatic rings. The Hall–Kier alpha value is -2.11. The van der Waals surface area contributed by atoms with Crippen LogP contribution in [0.3, 0.4) is 0 Å². The van der Waals surface area contributed by atoms with Crippen molar-refractivity contribution >= 4 is 17.2 Å². The van der Waals surface area contributed by atoms with Crippen molar-refractivity contribution in [1.82, 2.24) is 19.9 Å². The fourth-order valence-electron chi connectivity index (χ4n) is 1.68. The lowest BCUT2D eigenvalue weighted by Gasteiger charge is -2.13. The average molecular weight is 261 g/mol. The first-order chi connectivity index (χ1) is 8.91. The van der Waals surface area contributed by atoms with Crippen LogP contribution in [-0.2, 0) is 10.2 Å². The summed E-state index contributed by atoms with van der Waals surface area (Å²) in [5.41, 5.74) is 1.84. The molecule has 6 heteroatoms. The predicted octanol–water partition coefficient (Wildman–Crippen LogP) is 1.18. The molecule has 2 aromatic rings. The van der Waals surface area contributed by atoms with E-state index in [-0.39, 0.29) is 17.9 Å². The van der Waals surface area contributed by atoms with E-state index < -0.39 is 0 Å². The number of nitrogens with zero attached hydrogens (tertiary/aromatic N) is 3. The van der Waals surface area contributed by atoms with Crippen molar-refractivity contribution in [2.45, 2.75) is 26.2 Å². The molecule has 0 aromatic carbocycles. The van der Waals surface area contributed by atoms with Gasteiger partial charge in [0.15, 0.2) is 5.82 Å². The number of fused-ring (bicyclic) bond motifs is 1. The first-order valence-corrected chi connectivity index (χ1v) is 6.21. The Labute approximate surface area is 112 Å². The van der Waals surface area contributed by atoms with E-state index in [1.165, 1.54) is 0 Å². The Morgan fingerprint density at radius 2 is 2.16 bits per heavy atom. The number of aromatic nitrogens is 3. The van der Waals surface area contributed by atoms with Gasteiger partial charge in [-0.1, -0.05) is 20.8 Å². The van der Waals surface area contributed by atoms with Gasteiger partial charge in [-0.3, -0.25) is 4.79 Å². The summed E-state index contributed by atoms with van der Waals surface area (Å²) in [7, 11) is 1.61. The number of carbonyl (C=O) groups is 1. The lowest BCUT2D eigenvalue weighted by atomic mass is 9.92. The Morgan fingerprint density at radius 1 is 1.42 bits per heavy atom. The second-order valence-electron chi connectivity index (χ2n) is 5.41. The first kappa shape index (κ1) is 13.3. The summed E-state index contributed by atoms with van der Waals surface area (Å²) in [6.07, 6.45) is 3.47. The summed E-state index contributed by atoms with van der Waals surface area (Å²) in [5.74, 6) is 0.577. The molecule has 0 unspecified atom stereocenters. The molecular weight excluding hydrogens is 242 g/mol. The van der Waals surface area contributed by atoms with Crippen LogP contribution in [0.15, 0.2) is 18.5 Å². The number of amides is 1. The van der Waals surface area contributed by atoms with Gasteiger partial charge in [0.25, 0.3) is 0 Å². The first-order valence-electron chi connectivity index (χ1n) is 6.21. The third-order valence-electron chi connectivity index (χ3n) is 2.85. The molecule has 2 rings (SSSR count). The zero-order valence-electron chi connectivity index (χ0n) is 11.7. The fourth-order valence-corrected chi connectivity index (χ4v) is 1.68. The van der Waals surface area contributed by atoms with Crippen molar-refractivity contribution in [1.29, 1.82) is 0 Å². The Kier molecular flexibility index (Phi) is 3.42. The van der Waals surface area contributed by atoms with E-state index in [9.17, 15) is 4.79 Å². The number of carbonyl (C=O) groups excluding carboxylic acids is 1. The van der Waals surface area contributed by atoms with Crippen molar-refractivity contribution < 1.29 is 4.79 Å². The van der Waals surface area contributed by atoms with Gasteiger partial charge in [0.05, 0.1) is 12.2 Å². The predicted molar refractivity (Wildman–Crippen MR) is 74.2 cm³/mol. The van der Waals surface area contributed by atoms with Crippen LogP contribution in [0.1, 0.15) is 26.5 Å². The lowest BCUT2D eigenvalue weighted by molar-refractivity contribution is -0.118. The minimum Gasteiger partial charge on any atom is -0.359 e. The van der Waals surface area contributed by atoms with Crippen LogP contribution in [0.4, 0.5) is 5.82 Å². The smallest absolute Gasteiger partial charge is 0.239 e. The minimum absolute atomic E-state index is 0.0237. The second kappa shape index (κ2) is 4.87. The quantitative estimate of drug-likeness (QED) is 0.870. The van der Waals surface area contributed by atoms with Gasteiger partial charge in [-0.25, -0.2) is 9.50 Å². The zero-order chi connectivity index (χ0) is 14.0. The zero-order valence-corrected chi connectivity index (χ0v) is 11.7. The largest absolute Gasteiger partial charge is 0.359 e. The number of rotatable bonds is 3. The molecule has 0 radical (unpaired) electrons. The van der Waals surface area contributed by atoms with Crippen LogP contribution < -0.4 is 10.6 Å². The van der Waals surface area contributed by atoms with E-state index in [1.807, 2.05) is 6.07 Å². The summed E-state index contributed by atoms with van der Waals surface area (Å²) >= 11 is 0. The normalized spacial score (nSPS) is 11.6. The highest BCUT2D eigenvalue weighted by molar-refractivity contribution is 5.81. The highest BCUT2D eigenvalue weighted by atomic mass is 16.1. The van der Waals surface area contributed by atoms with Crippen LogP contribution >= 0.6 is 0 Å². The summed E-state index contributed by atoms with van der Waals surface area (Å²) in [5, 5.41) is 10.1. The Morgan fingerprint density at radius 3 is 2.79 bits per heavy atom. The van der Waals surface area contributed by atoms with E-state index in [0.717, 1.165) is 11.2 Å². The van der Waals surface area contributed by atoms with Crippen molar-refractivity contribution in [2.75, 3.05) is 18.9 Å². The number of likely N-dealkylation sites (N-methyl/N-ethyl adjacent to an activating group) is 1. The molecule has 2 N–H and O–H groups in total. The Bertz CT molecular complexity index is 597. The van der Waals surface area contributed by atoms with Crippen molar-refractivity contribution in [3.05, 3.63) is 24.2 Å². The molecule has 1 amide bonds. The third-order valence-corrected chi connectivity index (χ3v) is 2.85. The molecule has 0 fully saturated rings. The van der Waals surface area contributed by atoms with Gasteiger partial charge < -0.3 is 10.6 Å². The highest BCUT2D eigenvalue weighted by Gasteiger charge is 2.19. The molecule has 0 spiro atoms. The maximum Gasteiger partial charge on any atom is 0.239 e. The molecule has 2 heterocycles. The molecule has 0 aliphatic carbocycles. The van der Waals surface area contributed by atoms with Crippen molar-refractivity contribution in [2.24, 2.45) is 0 Å². The molecule has 6 nitrogen and oxygen atoms in total. The molecule has 0 aliphatic heterocycles. The van der Waals surface area contributed by atoms with Gasteiger partial charge in [0, 0.05) is 24.9 Å².